The summed E-state index contributed by atoms with van der Waals surface area (Å²) < 4.78 is 19.5. The molecule has 0 bridgehead atoms. The first-order chi connectivity index (χ1) is 13.6. The predicted octanol–water partition coefficient (Wildman–Crippen LogP) is 5.23. The number of methoxy groups -OCH3 is 1. The predicted molar refractivity (Wildman–Crippen MR) is 106 cm³/mol. The first-order valence-electron chi connectivity index (χ1n) is 8.39. The molecule has 140 valence electrons. The van der Waals surface area contributed by atoms with Gasteiger partial charge >= 0.3 is 5.97 Å². The van der Waals surface area contributed by atoms with Crippen LogP contribution in [0.1, 0.15) is 10.5 Å². The van der Waals surface area contributed by atoms with E-state index in [2.05, 4.69) is 9.97 Å². The summed E-state index contributed by atoms with van der Waals surface area (Å²) in [6.45, 7) is 0. The molecule has 2 aromatic carbocycles. The lowest BCUT2D eigenvalue weighted by atomic mass is 10.1. The molecule has 0 radical (unpaired) electrons. The van der Waals surface area contributed by atoms with Gasteiger partial charge in [0, 0.05) is 16.3 Å². The highest BCUT2D eigenvalue weighted by Crippen LogP contribution is 2.42. The molecule has 5 nitrogen and oxygen atoms in total. The minimum atomic E-state index is -1.10. The van der Waals surface area contributed by atoms with Crippen LogP contribution < -0.4 is 4.74 Å². The highest BCUT2D eigenvalue weighted by atomic mass is 32.2. The topological polar surface area (TPSA) is 75.2 Å². The molecule has 2 aromatic heterocycles. The Morgan fingerprint density at radius 1 is 1.14 bits per heavy atom. The van der Waals surface area contributed by atoms with Crippen LogP contribution in [0.4, 0.5) is 4.39 Å². The van der Waals surface area contributed by atoms with Crippen molar-refractivity contribution < 1.29 is 19.0 Å². The fraction of sp³-hybridized carbons (Fsp3) is 0.0476. The fourth-order valence-corrected chi connectivity index (χ4v) is 3.99. The van der Waals surface area contributed by atoms with E-state index in [0.717, 1.165) is 16.2 Å². The highest BCUT2D eigenvalue weighted by molar-refractivity contribution is 7.99. The maximum Gasteiger partial charge on any atom is 0.354 e. The second kappa shape index (κ2) is 7.36. The molecule has 4 aromatic rings. The normalized spacial score (nSPS) is 10.9. The Morgan fingerprint density at radius 3 is 2.64 bits per heavy atom. The molecule has 0 aliphatic carbocycles. The zero-order valence-corrected chi connectivity index (χ0v) is 15.6. The summed E-state index contributed by atoms with van der Waals surface area (Å²) in [7, 11) is 1.42. The average molecular weight is 394 g/mol. The number of halogens is 1. The monoisotopic (exact) mass is 394 g/mol. The number of carboxylic acids is 1. The minimum absolute atomic E-state index is 0.0426. The van der Waals surface area contributed by atoms with Gasteiger partial charge in [0.25, 0.3) is 0 Å². The molecule has 0 aliphatic rings. The van der Waals surface area contributed by atoms with E-state index in [0.29, 0.717) is 15.9 Å². The Labute approximate surface area is 164 Å². The van der Waals surface area contributed by atoms with Crippen LogP contribution in [0.25, 0.3) is 22.2 Å². The number of aromatic nitrogens is 2. The van der Waals surface area contributed by atoms with Crippen molar-refractivity contribution in [3.63, 3.8) is 0 Å². The number of hydrogen-bond donors (Lipinski definition) is 2. The number of carbonyl (C=O) groups is 1. The highest BCUT2D eigenvalue weighted by Gasteiger charge is 2.18. The molecule has 0 spiro atoms. The van der Waals surface area contributed by atoms with Crippen LogP contribution >= 0.6 is 11.8 Å². The third kappa shape index (κ3) is 3.32. The van der Waals surface area contributed by atoms with Crippen LogP contribution in [0.3, 0.4) is 0 Å². The lowest BCUT2D eigenvalue weighted by Crippen LogP contribution is -1.99. The SMILES string of the molecule is COc1cc2[nH]c(-c3ccccc3)c(Sc3cccc(C(=O)O)n3)c2cc1F. The Hall–Kier alpha value is -3.32. The van der Waals surface area contributed by atoms with E-state index >= 15 is 0 Å². The molecule has 0 unspecified atom stereocenters. The Balaban J connectivity index is 1.90. The number of fused-ring (bicyclic) bond motifs is 1. The van der Waals surface area contributed by atoms with Gasteiger partial charge < -0.3 is 14.8 Å². The number of ether oxygens (including phenoxy) is 1. The Morgan fingerprint density at radius 2 is 1.93 bits per heavy atom. The van der Waals surface area contributed by atoms with Gasteiger partial charge in [0.1, 0.15) is 10.7 Å². The zero-order valence-electron chi connectivity index (χ0n) is 14.8. The van der Waals surface area contributed by atoms with Gasteiger partial charge in [-0.3, -0.25) is 0 Å². The number of hydrogen-bond acceptors (Lipinski definition) is 4. The molecule has 28 heavy (non-hydrogen) atoms. The van der Waals surface area contributed by atoms with Crippen molar-refractivity contribution >= 4 is 28.6 Å². The van der Waals surface area contributed by atoms with E-state index in [1.165, 1.54) is 31.0 Å². The van der Waals surface area contributed by atoms with E-state index < -0.39 is 11.8 Å². The maximum atomic E-state index is 14.4. The molecular formula is C21H15FN2O3S. The quantitative estimate of drug-likeness (QED) is 0.485. The number of nitrogens with zero attached hydrogens (tertiary/aromatic N) is 1. The van der Waals surface area contributed by atoms with Gasteiger partial charge in [-0.25, -0.2) is 14.2 Å². The number of aromatic amines is 1. The van der Waals surface area contributed by atoms with Crippen LogP contribution in [-0.4, -0.2) is 28.2 Å². The van der Waals surface area contributed by atoms with E-state index in [1.54, 1.807) is 18.2 Å². The summed E-state index contributed by atoms with van der Waals surface area (Å²) in [5.41, 5.74) is 2.40. The van der Waals surface area contributed by atoms with Crippen molar-refractivity contribution in [2.75, 3.05) is 7.11 Å². The van der Waals surface area contributed by atoms with Crippen molar-refractivity contribution in [3.05, 3.63) is 72.2 Å². The van der Waals surface area contributed by atoms with Crippen molar-refractivity contribution in [1.82, 2.24) is 9.97 Å². The summed E-state index contributed by atoms with van der Waals surface area (Å²) in [5, 5.41) is 10.4. The molecule has 0 atom stereocenters. The maximum absolute atomic E-state index is 14.4. The van der Waals surface area contributed by atoms with Gasteiger partial charge in [-0.05, 0) is 23.8 Å². The number of nitrogens with one attached hydrogen (secondary N) is 1. The standard InChI is InChI=1S/C21H15FN2O3S/c1-27-17-11-16-13(10-14(17)22)20(19(24-16)12-6-3-2-4-7-12)28-18-9-5-8-15(23-18)21(25)26/h2-11,24H,1H3,(H,25,26). The summed E-state index contributed by atoms with van der Waals surface area (Å²) >= 11 is 1.29. The molecular weight excluding hydrogens is 379 g/mol. The number of rotatable bonds is 5. The second-order valence-electron chi connectivity index (χ2n) is 6.00. The van der Waals surface area contributed by atoms with Gasteiger partial charge in [0.15, 0.2) is 11.6 Å². The third-order valence-electron chi connectivity index (χ3n) is 4.24. The molecule has 4 rings (SSSR count). The Bertz CT molecular complexity index is 1180. The largest absolute Gasteiger partial charge is 0.494 e. The summed E-state index contributed by atoms with van der Waals surface area (Å²) in [5.74, 6) is -1.42. The average Bonchev–Trinajstić information content (AvgIpc) is 3.05. The molecule has 0 fully saturated rings. The summed E-state index contributed by atoms with van der Waals surface area (Å²) in [6, 6.07) is 17.5. The van der Waals surface area contributed by atoms with E-state index in [-0.39, 0.29) is 11.4 Å². The lowest BCUT2D eigenvalue weighted by Gasteiger charge is -2.06. The van der Waals surface area contributed by atoms with Crippen LogP contribution in [0.5, 0.6) is 5.75 Å². The molecule has 2 N–H and O–H groups in total. The first kappa shape index (κ1) is 18.1. The van der Waals surface area contributed by atoms with Crippen molar-refractivity contribution in [1.29, 1.82) is 0 Å². The zero-order chi connectivity index (χ0) is 19.7. The van der Waals surface area contributed by atoms with Gasteiger partial charge in [0.2, 0.25) is 0 Å². The fourth-order valence-electron chi connectivity index (χ4n) is 2.94. The summed E-state index contributed by atoms with van der Waals surface area (Å²) in [6.07, 6.45) is 0. The van der Waals surface area contributed by atoms with Crippen LogP contribution in [0.15, 0.2) is 70.6 Å². The van der Waals surface area contributed by atoms with E-state index in [9.17, 15) is 14.3 Å². The molecule has 0 saturated carbocycles. The molecule has 0 saturated heterocycles. The third-order valence-corrected chi connectivity index (χ3v) is 5.30. The number of H-pyrrole nitrogens is 1. The number of pyridine rings is 1. The second-order valence-corrected chi connectivity index (χ2v) is 7.03. The van der Waals surface area contributed by atoms with Gasteiger partial charge in [-0.15, -0.1) is 0 Å². The molecule has 2 heterocycles. The first-order valence-corrected chi connectivity index (χ1v) is 9.21. The lowest BCUT2D eigenvalue weighted by molar-refractivity contribution is 0.0689. The molecule has 0 amide bonds. The number of carboxylic acid groups (broad SMARTS) is 1. The van der Waals surface area contributed by atoms with Crippen molar-refractivity contribution in [2.45, 2.75) is 9.92 Å². The Kier molecular flexibility index (Phi) is 4.75. The van der Waals surface area contributed by atoms with E-state index in [4.69, 9.17) is 4.74 Å². The van der Waals surface area contributed by atoms with Gasteiger partial charge in [0.05, 0.1) is 18.3 Å². The minimum Gasteiger partial charge on any atom is -0.494 e. The molecule has 0 aliphatic heterocycles. The number of aromatic carboxylic acids is 1. The van der Waals surface area contributed by atoms with Crippen LogP contribution in [0, 0.1) is 5.82 Å². The smallest absolute Gasteiger partial charge is 0.354 e. The molecule has 7 heteroatoms. The van der Waals surface area contributed by atoms with Crippen molar-refractivity contribution in [2.24, 2.45) is 0 Å². The van der Waals surface area contributed by atoms with E-state index in [1.807, 2.05) is 30.3 Å². The van der Waals surface area contributed by atoms with Gasteiger partial charge in [-0.2, -0.15) is 0 Å². The van der Waals surface area contributed by atoms with Crippen molar-refractivity contribution in [3.8, 4) is 17.0 Å². The van der Waals surface area contributed by atoms with Gasteiger partial charge in [-0.1, -0.05) is 48.2 Å². The number of benzene rings is 2. The van der Waals surface area contributed by atoms with Crippen LogP contribution in [-0.2, 0) is 0 Å². The summed E-state index contributed by atoms with van der Waals surface area (Å²) in [4.78, 5) is 19.5. The van der Waals surface area contributed by atoms with Crippen LogP contribution in [0.2, 0.25) is 0 Å².